The van der Waals surface area contributed by atoms with Gasteiger partial charge in [0.2, 0.25) is 11.2 Å². The fourth-order valence-corrected chi connectivity index (χ4v) is 2.22. The van der Waals surface area contributed by atoms with Crippen LogP contribution in [0.15, 0.2) is 39.5 Å². The molecule has 4 N–H and O–H groups in total. The SMILES string of the molecule is COc1cc2c(=O)c(O)c(-c3ccc(O)c(O)c3)oc2cc1O. The molecule has 7 nitrogen and oxygen atoms in total. The lowest BCUT2D eigenvalue weighted by molar-refractivity contribution is 0.373. The maximum Gasteiger partial charge on any atom is 0.235 e. The molecule has 0 aliphatic heterocycles. The largest absolute Gasteiger partial charge is 0.504 e. The maximum atomic E-state index is 12.3. The molecule has 3 rings (SSSR count). The van der Waals surface area contributed by atoms with Crippen LogP contribution < -0.4 is 10.2 Å². The van der Waals surface area contributed by atoms with E-state index in [4.69, 9.17) is 9.15 Å². The minimum absolute atomic E-state index is 0.0314. The van der Waals surface area contributed by atoms with Gasteiger partial charge in [-0.1, -0.05) is 0 Å². The molecular weight excluding hydrogens is 304 g/mol. The van der Waals surface area contributed by atoms with Crippen molar-refractivity contribution in [1.82, 2.24) is 0 Å². The lowest BCUT2D eigenvalue weighted by atomic mass is 10.1. The van der Waals surface area contributed by atoms with Crippen molar-refractivity contribution in [3.05, 3.63) is 40.6 Å². The lowest BCUT2D eigenvalue weighted by Gasteiger charge is -2.09. The van der Waals surface area contributed by atoms with Gasteiger partial charge in [0.05, 0.1) is 12.5 Å². The van der Waals surface area contributed by atoms with Crippen molar-refractivity contribution in [3.63, 3.8) is 0 Å². The fraction of sp³-hybridized carbons (Fsp3) is 0.0625. The normalized spacial score (nSPS) is 10.8. The van der Waals surface area contributed by atoms with E-state index in [1.165, 1.54) is 31.4 Å². The van der Waals surface area contributed by atoms with E-state index in [1.54, 1.807) is 0 Å². The number of phenols is 3. The summed E-state index contributed by atoms with van der Waals surface area (Å²) in [6.07, 6.45) is 0. The van der Waals surface area contributed by atoms with E-state index < -0.39 is 16.9 Å². The summed E-state index contributed by atoms with van der Waals surface area (Å²) < 4.78 is 10.4. The first-order valence-corrected chi connectivity index (χ1v) is 6.51. The summed E-state index contributed by atoms with van der Waals surface area (Å²) in [5, 5.41) is 38.8. The van der Waals surface area contributed by atoms with Crippen molar-refractivity contribution < 1.29 is 29.6 Å². The van der Waals surface area contributed by atoms with Gasteiger partial charge in [0.25, 0.3) is 0 Å². The summed E-state index contributed by atoms with van der Waals surface area (Å²) in [6.45, 7) is 0. The van der Waals surface area contributed by atoms with Crippen LogP contribution >= 0.6 is 0 Å². The third kappa shape index (κ3) is 2.28. The van der Waals surface area contributed by atoms with Crippen molar-refractivity contribution in [3.8, 4) is 40.1 Å². The van der Waals surface area contributed by atoms with Gasteiger partial charge in [-0.2, -0.15) is 0 Å². The number of phenolic OH excluding ortho intramolecular Hbond substituents is 3. The Morgan fingerprint density at radius 3 is 2.35 bits per heavy atom. The Hall–Kier alpha value is -3.35. The second-order valence-corrected chi connectivity index (χ2v) is 4.83. The molecule has 0 spiro atoms. The second-order valence-electron chi connectivity index (χ2n) is 4.83. The van der Waals surface area contributed by atoms with Crippen LogP contribution in [0.2, 0.25) is 0 Å². The van der Waals surface area contributed by atoms with Crippen LogP contribution in [0.1, 0.15) is 0 Å². The van der Waals surface area contributed by atoms with Crippen LogP contribution in [0.4, 0.5) is 0 Å². The molecule has 2 aromatic carbocycles. The molecule has 0 amide bonds. The molecule has 3 aromatic rings. The van der Waals surface area contributed by atoms with Crippen LogP contribution in [0.3, 0.4) is 0 Å². The van der Waals surface area contributed by atoms with E-state index in [9.17, 15) is 25.2 Å². The molecule has 0 aliphatic carbocycles. The Morgan fingerprint density at radius 2 is 1.70 bits per heavy atom. The van der Waals surface area contributed by atoms with Gasteiger partial charge < -0.3 is 29.6 Å². The van der Waals surface area contributed by atoms with Crippen molar-refractivity contribution in [2.75, 3.05) is 7.11 Å². The van der Waals surface area contributed by atoms with E-state index in [0.717, 1.165) is 6.07 Å². The number of aromatic hydroxyl groups is 4. The number of ether oxygens (including phenoxy) is 1. The third-order valence-corrected chi connectivity index (χ3v) is 3.41. The molecule has 0 aliphatic rings. The van der Waals surface area contributed by atoms with Gasteiger partial charge in [-0.25, -0.2) is 0 Å². The molecule has 0 unspecified atom stereocenters. The molecule has 0 saturated heterocycles. The first-order chi connectivity index (χ1) is 10.9. The standard InChI is InChI=1S/C16H12O7/c1-22-13-5-8-12(6-11(13)19)23-16(15(21)14(8)20)7-2-3-9(17)10(18)4-7/h2-6,17-19,21H,1H3. The van der Waals surface area contributed by atoms with Crippen LogP contribution in [0.5, 0.6) is 28.7 Å². The van der Waals surface area contributed by atoms with E-state index in [-0.39, 0.29) is 39.5 Å². The predicted molar refractivity (Wildman–Crippen MR) is 81.1 cm³/mol. The molecule has 23 heavy (non-hydrogen) atoms. The maximum absolute atomic E-state index is 12.3. The lowest BCUT2D eigenvalue weighted by Crippen LogP contribution is -2.03. The average Bonchev–Trinajstić information content (AvgIpc) is 2.53. The monoisotopic (exact) mass is 316 g/mol. The van der Waals surface area contributed by atoms with Gasteiger partial charge in [-0.3, -0.25) is 4.79 Å². The summed E-state index contributed by atoms with van der Waals surface area (Å²) >= 11 is 0. The molecule has 0 radical (unpaired) electrons. The average molecular weight is 316 g/mol. The van der Waals surface area contributed by atoms with E-state index in [2.05, 4.69) is 0 Å². The molecule has 0 fully saturated rings. The molecule has 0 bridgehead atoms. The highest BCUT2D eigenvalue weighted by Crippen LogP contribution is 2.37. The zero-order valence-electron chi connectivity index (χ0n) is 11.9. The molecule has 118 valence electrons. The van der Waals surface area contributed by atoms with Crippen molar-refractivity contribution in [1.29, 1.82) is 0 Å². The quantitative estimate of drug-likeness (QED) is 0.535. The Bertz CT molecular complexity index is 972. The van der Waals surface area contributed by atoms with E-state index >= 15 is 0 Å². The van der Waals surface area contributed by atoms with E-state index in [1.807, 2.05) is 0 Å². The van der Waals surface area contributed by atoms with E-state index in [0.29, 0.717) is 0 Å². The van der Waals surface area contributed by atoms with Crippen molar-refractivity contribution in [2.45, 2.75) is 0 Å². The van der Waals surface area contributed by atoms with Crippen LogP contribution in [0, 0.1) is 0 Å². The van der Waals surface area contributed by atoms with Gasteiger partial charge in [0.15, 0.2) is 28.8 Å². The molecule has 7 heteroatoms. The van der Waals surface area contributed by atoms with Crippen molar-refractivity contribution >= 4 is 11.0 Å². The molecule has 1 heterocycles. The Balaban J connectivity index is 2.32. The zero-order chi connectivity index (χ0) is 16.7. The summed E-state index contributed by atoms with van der Waals surface area (Å²) in [7, 11) is 1.33. The molecular formula is C16H12O7. The predicted octanol–water partition coefficient (Wildman–Crippen LogP) is 2.29. The third-order valence-electron chi connectivity index (χ3n) is 3.41. The number of hydrogen-bond donors (Lipinski definition) is 4. The fourth-order valence-electron chi connectivity index (χ4n) is 2.22. The zero-order valence-corrected chi connectivity index (χ0v) is 11.9. The number of rotatable bonds is 2. The minimum Gasteiger partial charge on any atom is -0.504 e. The van der Waals surface area contributed by atoms with Crippen molar-refractivity contribution in [2.24, 2.45) is 0 Å². The summed E-state index contributed by atoms with van der Waals surface area (Å²) in [6, 6.07) is 6.15. The van der Waals surface area contributed by atoms with Crippen LogP contribution in [-0.4, -0.2) is 27.5 Å². The summed E-state index contributed by atoms with van der Waals surface area (Å²) in [5.74, 6) is -1.79. The smallest absolute Gasteiger partial charge is 0.235 e. The number of benzene rings is 2. The number of hydrogen-bond acceptors (Lipinski definition) is 7. The van der Waals surface area contributed by atoms with Gasteiger partial charge >= 0.3 is 0 Å². The van der Waals surface area contributed by atoms with Gasteiger partial charge in [-0.05, 0) is 24.3 Å². The van der Waals surface area contributed by atoms with Gasteiger partial charge in [0.1, 0.15) is 5.58 Å². The molecule has 1 aromatic heterocycles. The first-order valence-electron chi connectivity index (χ1n) is 6.51. The Morgan fingerprint density at radius 1 is 0.957 bits per heavy atom. The van der Waals surface area contributed by atoms with Gasteiger partial charge in [-0.15, -0.1) is 0 Å². The van der Waals surface area contributed by atoms with Gasteiger partial charge in [0, 0.05) is 11.6 Å². The summed E-state index contributed by atoms with van der Waals surface area (Å²) in [4.78, 5) is 12.3. The Kier molecular flexibility index (Phi) is 3.25. The summed E-state index contributed by atoms with van der Waals surface area (Å²) in [5.41, 5.74) is -0.493. The highest BCUT2D eigenvalue weighted by molar-refractivity contribution is 5.85. The highest BCUT2D eigenvalue weighted by Gasteiger charge is 2.18. The first kappa shape index (κ1) is 14.6. The molecule has 0 atom stereocenters. The van der Waals surface area contributed by atoms with Crippen LogP contribution in [0.25, 0.3) is 22.3 Å². The minimum atomic E-state index is -0.716. The van der Waals surface area contributed by atoms with Crippen LogP contribution in [-0.2, 0) is 0 Å². The number of fused-ring (bicyclic) bond motifs is 1. The second kappa shape index (κ2) is 5.13. The Labute approximate surface area is 129 Å². The molecule has 0 saturated carbocycles. The number of methoxy groups -OCH3 is 1. The topological polar surface area (TPSA) is 120 Å². The highest BCUT2D eigenvalue weighted by atomic mass is 16.5.